The Bertz CT molecular complexity index is 614. The Morgan fingerprint density at radius 3 is 2.74 bits per heavy atom. The van der Waals surface area contributed by atoms with E-state index in [0.717, 1.165) is 18.9 Å². The Kier molecular flexibility index (Phi) is 2.99. The van der Waals surface area contributed by atoms with Crippen LogP contribution >= 0.6 is 0 Å². The van der Waals surface area contributed by atoms with Crippen molar-refractivity contribution in [2.24, 2.45) is 5.73 Å². The van der Waals surface area contributed by atoms with Crippen molar-refractivity contribution in [2.75, 3.05) is 6.61 Å². The second-order valence-corrected chi connectivity index (χ2v) is 6.64. The van der Waals surface area contributed by atoms with Crippen LogP contribution in [0.3, 0.4) is 0 Å². The first-order valence-electron chi connectivity index (χ1n) is 6.21. The van der Waals surface area contributed by atoms with Crippen LogP contribution in [0.15, 0.2) is 17.0 Å². The third kappa shape index (κ3) is 2.45. The Labute approximate surface area is 111 Å². The first-order chi connectivity index (χ1) is 8.97. The Balaban J connectivity index is 2.09. The molecule has 104 valence electrons. The van der Waals surface area contributed by atoms with Crippen LogP contribution < -0.4 is 15.2 Å². The second-order valence-electron chi connectivity index (χ2n) is 4.96. The molecule has 1 heterocycles. The van der Waals surface area contributed by atoms with Gasteiger partial charge in [-0.3, -0.25) is 0 Å². The van der Waals surface area contributed by atoms with Gasteiger partial charge >= 0.3 is 0 Å². The summed E-state index contributed by atoms with van der Waals surface area (Å²) in [7, 11) is -3.75. The molecular weight excluding hydrogens is 271 g/mol. The summed E-state index contributed by atoms with van der Waals surface area (Å²) in [4.78, 5) is -0.149. The van der Waals surface area contributed by atoms with E-state index in [1.54, 1.807) is 0 Å². The molecular formula is C12H15FN2O3S. The van der Waals surface area contributed by atoms with E-state index in [1.807, 2.05) is 0 Å². The standard InChI is InChI=1S/C12H15FN2O3S/c13-7-5-9-10(14)3-4-18-12(9)11(6-7)19(16,17)15-8-1-2-8/h5-6,8,10,15H,1-4,14H2. The molecule has 1 aromatic carbocycles. The van der Waals surface area contributed by atoms with Crippen LogP contribution in [-0.4, -0.2) is 21.1 Å². The lowest BCUT2D eigenvalue weighted by Gasteiger charge is -2.25. The van der Waals surface area contributed by atoms with Gasteiger partial charge in [0.25, 0.3) is 0 Å². The first-order valence-corrected chi connectivity index (χ1v) is 7.70. The number of hydrogen-bond donors (Lipinski definition) is 2. The van der Waals surface area contributed by atoms with Crippen molar-refractivity contribution in [2.45, 2.75) is 36.2 Å². The lowest BCUT2D eigenvalue weighted by atomic mass is 10.0. The summed E-state index contributed by atoms with van der Waals surface area (Å²) >= 11 is 0. The largest absolute Gasteiger partial charge is 0.492 e. The highest BCUT2D eigenvalue weighted by atomic mass is 32.2. The quantitative estimate of drug-likeness (QED) is 0.870. The van der Waals surface area contributed by atoms with E-state index >= 15 is 0 Å². The maximum Gasteiger partial charge on any atom is 0.244 e. The number of nitrogens with two attached hydrogens (primary N) is 1. The highest BCUT2D eigenvalue weighted by Crippen LogP contribution is 2.37. The Hall–Kier alpha value is -1.18. The molecule has 0 spiro atoms. The number of nitrogens with one attached hydrogen (secondary N) is 1. The van der Waals surface area contributed by atoms with E-state index in [-0.39, 0.29) is 16.7 Å². The molecule has 7 heteroatoms. The third-order valence-corrected chi connectivity index (χ3v) is 4.84. The van der Waals surface area contributed by atoms with E-state index in [0.29, 0.717) is 18.6 Å². The molecule has 1 aliphatic carbocycles. The molecule has 3 rings (SSSR count). The van der Waals surface area contributed by atoms with Gasteiger partial charge in [0.05, 0.1) is 6.61 Å². The van der Waals surface area contributed by atoms with Crippen molar-refractivity contribution >= 4 is 10.0 Å². The van der Waals surface area contributed by atoms with Crippen LogP contribution in [0.5, 0.6) is 5.75 Å². The van der Waals surface area contributed by atoms with Crippen molar-refractivity contribution in [3.8, 4) is 5.75 Å². The predicted molar refractivity (Wildman–Crippen MR) is 66.8 cm³/mol. The molecule has 0 bridgehead atoms. The van der Waals surface area contributed by atoms with Crippen LogP contribution in [0, 0.1) is 5.82 Å². The second kappa shape index (κ2) is 4.43. The van der Waals surface area contributed by atoms with Crippen molar-refractivity contribution in [3.05, 3.63) is 23.5 Å². The van der Waals surface area contributed by atoms with E-state index in [4.69, 9.17) is 10.5 Å². The van der Waals surface area contributed by atoms with Crippen molar-refractivity contribution in [3.63, 3.8) is 0 Å². The maximum atomic E-state index is 13.6. The van der Waals surface area contributed by atoms with Gasteiger partial charge in [0.15, 0.2) is 0 Å². The summed E-state index contributed by atoms with van der Waals surface area (Å²) < 4.78 is 46.0. The van der Waals surface area contributed by atoms with Gasteiger partial charge in [0, 0.05) is 24.1 Å². The molecule has 1 atom stereocenters. The minimum Gasteiger partial charge on any atom is -0.492 e. The summed E-state index contributed by atoms with van der Waals surface area (Å²) in [6.07, 6.45) is 2.18. The van der Waals surface area contributed by atoms with Gasteiger partial charge in [-0.2, -0.15) is 0 Å². The molecule has 2 aliphatic rings. The van der Waals surface area contributed by atoms with Crippen LogP contribution in [-0.2, 0) is 10.0 Å². The monoisotopic (exact) mass is 286 g/mol. The van der Waals surface area contributed by atoms with Gasteiger partial charge in [-0.15, -0.1) is 0 Å². The fourth-order valence-electron chi connectivity index (χ4n) is 2.15. The molecule has 1 aromatic rings. The lowest BCUT2D eigenvalue weighted by molar-refractivity contribution is 0.260. The van der Waals surface area contributed by atoms with Crippen molar-refractivity contribution in [1.82, 2.24) is 4.72 Å². The Morgan fingerprint density at radius 1 is 1.32 bits per heavy atom. The zero-order valence-electron chi connectivity index (χ0n) is 10.2. The molecule has 19 heavy (non-hydrogen) atoms. The van der Waals surface area contributed by atoms with Crippen LogP contribution in [0.25, 0.3) is 0 Å². The zero-order valence-corrected chi connectivity index (χ0v) is 11.0. The van der Waals surface area contributed by atoms with Crippen LogP contribution in [0.2, 0.25) is 0 Å². The van der Waals surface area contributed by atoms with Gasteiger partial charge in [-0.05, 0) is 25.0 Å². The average molecular weight is 286 g/mol. The number of benzene rings is 1. The lowest BCUT2D eigenvalue weighted by Crippen LogP contribution is -2.28. The van der Waals surface area contributed by atoms with Gasteiger partial charge in [0.1, 0.15) is 16.5 Å². The summed E-state index contributed by atoms with van der Waals surface area (Å²) in [6.45, 7) is 0.339. The number of halogens is 1. The molecule has 0 saturated heterocycles. The first kappa shape index (κ1) is 12.8. The average Bonchev–Trinajstić information content (AvgIpc) is 3.12. The summed E-state index contributed by atoms with van der Waals surface area (Å²) in [5, 5.41) is 0. The smallest absolute Gasteiger partial charge is 0.244 e. The Morgan fingerprint density at radius 2 is 2.05 bits per heavy atom. The van der Waals surface area contributed by atoms with E-state index < -0.39 is 21.9 Å². The van der Waals surface area contributed by atoms with E-state index in [2.05, 4.69) is 4.72 Å². The van der Waals surface area contributed by atoms with Crippen LogP contribution in [0.1, 0.15) is 30.9 Å². The minimum atomic E-state index is -3.75. The molecule has 1 fully saturated rings. The van der Waals surface area contributed by atoms with Crippen molar-refractivity contribution < 1.29 is 17.5 Å². The number of ether oxygens (including phenoxy) is 1. The van der Waals surface area contributed by atoms with Crippen molar-refractivity contribution in [1.29, 1.82) is 0 Å². The molecule has 3 N–H and O–H groups in total. The van der Waals surface area contributed by atoms with Gasteiger partial charge in [-0.1, -0.05) is 0 Å². The van der Waals surface area contributed by atoms with Gasteiger partial charge in [-0.25, -0.2) is 17.5 Å². The van der Waals surface area contributed by atoms with Gasteiger partial charge in [0.2, 0.25) is 10.0 Å². The predicted octanol–water partition coefficient (Wildman–Crippen LogP) is 1.05. The van der Waals surface area contributed by atoms with Crippen LogP contribution in [0.4, 0.5) is 4.39 Å². The summed E-state index contributed by atoms with van der Waals surface area (Å²) in [6, 6.07) is 1.80. The fourth-order valence-corrected chi connectivity index (χ4v) is 3.64. The summed E-state index contributed by atoms with van der Waals surface area (Å²) in [5.41, 5.74) is 6.30. The molecule has 0 amide bonds. The molecule has 0 aromatic heterocycles. The minimum absolute atomic E-state index is 0.0406. The third-order valence-electron chi connectivity index (χ3n) is 3.31. The fraction of sp³-hybridized carbons (Fsp3) is 0.500. The normalized spacial score (nSPS) is 22.7. The zero-order chi connectivity index (χ0) is 13.6. The SMILES string of the molecule is NC1CCOc2c1cc(F)cc2S(=O)(=O)NC1CC1. The number of sulfonamides is 1. The number of hydrogen-bond acceptors (Lipinski definition) is 4. The van der Waals surface area contributed by atoms with E-state index in [1.165, 1.54) is 6.07 Å². The van der Waals surface area contributed by atoms with Gasteiger partial charge < -0.3 is 10.5 Å². The molecule has 1 aliphatic heterocycles. The number of fused-ring (bicyclic) bond motifs is 1. The maximum absolute atomic E-state index is 13.6. The molecule has 0 radical (unpaired) electrons. The summed E-state index contributed by atoms with van der Waals surface area (Å²) in [5.74, 6) is -0.427. The highest BCUT2D eigenvalue weighted by Gasteiger charge is 2.33. The topological polar surface area (TPSA) is 81.4 Å². The molecule has 1 saturated carbocycles. The molecule has 1 unspecified atom stereocenters. The molecule has 5 nitrogen and oxygen atoms in total. The number of rotatable bonds is 3. The highest BCUT2D eigenvalue weighted by molar-refractivity contribution is 7.89. The van der Waals surface area contributed by atoms with E-state index in [9.17, 15) is 12.8 Å².